The lowest BCUT2D eigenvalue weighted by molar-refractivity contribution is -0.113. The number of carbonyl (C=O) groups excluding carboxylic acids is 1. The molecule has 0 saturated carbocycles. The predicted molar refractivity (Wildman–Crippen MR) is 140 cm³/mol. The number of anilines is 1. The van der Waals surface area contributed by atoms with Crippen LogP contribution in [-0.2, 0) is 4.79 Å². The van der Waals surface area contributed by atoms with Crippen molar-refractivity contribution in [2.24, 2.45) is 0 Å². The summed E-state index contributed by atoms with van der Waals surface area (Å²) in [5, 5.41) is 7.43. The highest BCUT2D eigenvalue weighted by Gasteiger charge is 2.33. The molecule has 1 amide bonds. The number of dihydropyridines is 1. The van der Waals surface area contributed by atoms with E-state index in [2.05, 4.69) is 58.3 Å². The number of hydrogen-bond acceptors (Lipinski definition) is 4. The van der Waals surface area contributed by atoms with E-state index in [1.165, 1.54) is 5.56 Å². The minimum absolute atomic E-state index is 0.173. The van der Waals surface area contributed by atoms with Crippen molar-refractivity contribution in [3.8, 4) is 5.75 Å². The van der Waals surface area contributed by atoms with E-state index in [0.29, 0.717) is 29.2 Å². The van der Waals surface area contributed by atoms with Crippen molar-refractivity contribution in [2.45, 2.75) is 33.1 Å². The maximum absolute atomic E-state index is 13.6. The number of halogens is 2. The Morgan fingerprint density at radius 2 is 1.97 bits per heavy atom. The summed E-state index contributed by atoms with van der Waals surface area (Å²) in [5.41, 5.74) is 5.42. The molecule has 2 aromatic carbocycles. The molecule has 7 heteroatoms. The molecule has 1 heterocycles. The number of allylic oxidation sites excluding steroid dienone is 2. The van der Waals surface area contributed by atoms with Crippen molar-refractivity contribution in [2.75, 3.05) is 24.9 Å². The Morgan fingerprint density at radius 1 is 1.22 bits per heavy atom. The summed E-state index contributed by atoms with van der Waals surface area (Å²) >= 11 is 3.95. The Hall–Kier alpha value is -2.00. The highest BCUT2D eigenvalue weighted by atomic mass is 127. The first kappa shape index (κ1) is 24.6. The highest BCUT2D eigenvalue weighted by Crippen LogP contribution is 2.42. The number of nitrogens with one attached hydrogen (secondary N) is 2. The third-order valence-electron chi connectivity index (χ3n) is 5.38. The number of para-hydroxylation sites is 2. The molecule has 1 atom stereocenters. The van der Waals surface area contributed by atoms with Crippen LogP contribution in [0.2, 0.25) is 0 Å². The molecule has 3 rings (SSSR count). The van der Waals surface area contributed by atoms with Gasteiger partial charge in [0.1, 0.15) is 5.75 Å². The van der Waals surface area contributed by atoms with Crippen molar-refractivity contribution < 1.29 is 13.9 Å². The number of aryl methyl sites for hydroxylation is 1. The molecule has 32 heavy (non-hydrogen) atoms. The van der Waals surface area contributed by atoms with Crippen LogP contribution in [0, 0.1) is 10.5 Å². The molecule has 1 aliphatic rings. The van der Waals surface area contributed by atoms with Crippen molar-refractivity contribution in [3.05, 3.63) is 79.0 Å². The number of methoxy groups -OCH3 is 1. The number of alkyl halides is 1. The van der Waals surface area contributed by atoms with Crippen molar-refractivity contribution in [3.63, 3.8) is 0 Å². The van der Waals surface area contributed by atoms with Gasteiger partial charge in [0.15, 0.2) is 0 Å². The summed E-state index contributed by atoms with van der Waals surface area (Å²) < 4.78 is 19.2. The molecule has 170 valence electrons. The van der Waals surface area contributed by atoms with Crippen LogP contribution >= 0.6 is 34.4 Å². The maximum atomic E-state index is 13.6. The number of thioether (sulfide) groups is 1. The number of carbonyl (C=O) groups is 1. The van der Waals surface area contributed by atoms with Crippen LogP contribution in [0.15, 0.2) is 64.3 Å². The lowest BCUT2D eigenvalue weighted by Gasteiger charge is -2.32. The summed E-state index contributed by atoms with van der Waals surface area (Å²) in [4.78, 5) is 13.6. The molecule has 0 aromatic heterocycles. The van der Waals surface area contributed by atoms with E-state index in [0.717, 1.165) is 25.4 Å². The van der Waals surface area contributed by atoms with Gasteiger partial charge >= 0.3 is 0 Å². The van der Waals surface area contributed by atoms with E-state index in [4.69, 9.17) is 4.74 Å². The molecule has 4 nitrogen and oxygen atoms in total. The molecule has 0 bridgehead atoms. The fraction of sp³-hybridized carbons (Fsp3) is 0.320. The number of ether oxygens (including phenoxy) is 1. The minimum atomic E-state index is -0.333. The van der Waals surface area contributed by atoms with Crippen LogP contribution in [0.4, 0.5) is 10.1 Å². The van der Waals surface area contributed by atoms with Crippen LogP contribution in [-0.4, -0.2) is 25.4 Å². The quantitative estimate of drug-likeness (QED) is 0.282. The van der Waals surface area contributed by atoms with E-state index < -0.39 is 0 Å². The standard InChI is InChI=1S/C25H28FIN2O2S/c1-15-10-11-18(19(27)14-15)22-16(2)25(32-13-7-12-26)28-17(3)23(22)24(30)29-20-8-5-6-9-21(20)31-4/h5-6,8-11,14,22,28H,7,12-13H2,1-4H3,(H,29,30). The molecule has 1 aliphatic heterocycles. The lowest BCUT2D eigenvalue weighted by atomic mass is 9.82. The normalized spacial score (nSPS) is 16.1. The van der Waals surface area contributed by atoms with E-state index in [9.17, 15) is 9.18 Å². The van der Waals surface area contributed by atoms with Crippen LogP contribution in [0.1, 0.15) is 37.3 Å². The zero-order valence-electron chi connectivity index (χ0n) is 18.7. The van der Waals surface area contributed by atoms with Gasteiger partial charge in [-0.25, -0.2) is 0 Å². The second-order valence-corrected chi connectivity index (χ2v) is 9.95. The van der Waals surface area contributed by atoms with Gasteiger partial charge in [0.05, 0.1) is 24.5 Å². The van der Waals surface area contributed by atoms with Gasteiger partial charge in [0, 0.05) is 26.5 Å². The SMILES string of the molecule is COc1ccccc1NC(=O)C1=C(C)NC(SCCCF)=C(C)C1c1ccc(C)cc1I. The summed E-state index contributed by atoms with van der Waals surface area (Å²) in [6.07, 6.45) is 0.500. The minimum Gasteiger partial charge on any atom is -0.495 e. The van der Waals surface area contributed by atoms with Gasteiger partial charge in [-0.3, -0.25) is 9.18 Å². The van der Waals surface area contributed by atoms with Crippen molar-refractivity contribution in [1.82, 2.24) is 5.32 Å². The number of rotatable bonds is 8. The third kappa shape index (κ3) is 5.49. The summed E-state index contributed by atoms with van der Waals surface area (Å²) in [6.45, 7) is 5.70. The number of hydrogen-bond donors (Lipinski definition) is 2. The molecule has 0 aliphatic carbocycles. The van der Waals surface area contributed by atoms with E-state index in [1.54, 1.807) is 18.9 Å². The molecule has 1 unspecified atom stereocenters. The fourth-order valence-corrected chi connectivity index (χ4v) is 5.78. The summed E-state index contributed by atoms with van der Waals surface area (Å²) in [7, 11) is 1.59. The largest absolute Gasteiger partial charge is 0.495 e. The Kier molecular flexibility index (Phi) is 8.64. The Morgan fingerprint density at radius 3 is 2.66 bits per heavy atom. The zero-order chi connectivity index (χ0) is 23.3. The molecule has 2 N–H and O–H groups in total. The van der Waals surface area contributed by atoms with Crippen LogP contribution < -0.4 is 15.4 Å². The Balaban J connectivity index is 2.04. The lowest BCUT2D eigenvalue weighted by Crippen LogP contribution is -2.30. The number of benzene rings is 2. The topological polar surface area (TPSA) is 50.4 Å². The molecule has 0 saturated heterocycles. The fourth-order valence-electron chi connectivity index (χ4n) is 3.77. The Bertz CT molecular complexity index is 1070. The van der Waals surface area contributed by atoms with Gasteiger partial charge in [-0.15, -0.1) is 11.8 Å². The second-order valence-electron chi connectivity index (χ2n) is 7.68. The van der Waals surface area contributed by atoms with Crippen LogP contribution in [0.3, 0.4) is 0 Å². The van der Waals surface area contributed by atoms with Gasteiger partial charge < -0.3 is 15.4 Å². The summed E-state index contributed by atoms with van der Waals surface area (Å²) in [6, 6.07) is 13.7. The Labute approximate surface area is 207 Å². The van der Waals surface area contributed by atoms with Gasteiger partial charge in [-0.1, -0.05) is 29.8 Å². The first-order chi connectivity index (χ1) is 15.4. The second kappa shape index (κ2) is 11.2. The molecule has 0 radical (unpaired) electrons. The highest BCUT2D eigenvalue weighted by molar-refractivity contribution is 14.1. The zero-order valence-corrected chi connectivity index (χ0v) is 21.7. The van der Waals surface area contributed by atoms with E-state index >= 15 is 0 Å². The van der Waals surface area contributed by atoms with Gasteiger partial charge in [-0.05, 0) is 79.1 Å². The molecule has 0 fully saturated rings. The monoisotopic (exact) mass is 566 g/mol. The number of amides is 1. The predicted octanol–water partition coefficient (Wildman–Crippen LogP) is 6.53. The van der Waals surface area contributed by atoms with Gasteiger partial charge in [-0.2, -0.15) is 0 Å². The first-order valence-corrected chi connectivity index (χ1v) is 12.5. The van der Waals surface area contributed by atoms with E-state index in [1.807, 2.05) is 38.1 Å². The average Bonchev–Trinajstić information content (AvgIpc) is 2.76. The first-order valence-electron chi connectivity index (χ1n) is 10.4. The van der Waals surface area contributed by atoms with Crippen molar-refractivity contribution >= 4 is 45.9 Å². The third-order valence-corrected chi connectivity index (χ3v) is 7.52. The average molecular weight is 566 g/mol. The smallest absolute Gasteiger partial charge is 0.254 e. The molecular formula is C25H28FIN2O2S. The van der Waals surface area contributed by atoms with Crippen LogP contribution in [0.25, 0.3) is 0 Å². The van der Waals surface area contributed by atoms with Gasteiger partial charge in [0.2, 0.25) is 0 Å². The van der Waals surface area contributed by atoms with Crippen molar-refractivity contribution in [1.29, 1.82) is 0 Å². The molecule has 0 spiro atoms. The summed E-state index contributed by atoms with van der Waals surface area (Å²) in [5.74, 6) is 0.919. The van der Waals surface area contributed by atoms with E-state index in [-0.39, 0.29) is 18.5 Å². The molecular weight excluding hydrogens is 538 g/mol. The van der Waals surface area contributed by atoms with Crippen LogP contribution in [0.5, 0.6) is 5.75 Å². The van der Waals surface area contributed by atoms with Gasteiger partial charge in [0.25, 0.3) is 5.91 Å². The maximum Gasteiger partial charge on any atom is 0.254 e. The molecule has 2 aromatic rings.